The van der Waals surface area contributed by atoms with Gasteiger partial charge < -0.3 is 10.1 Å². The van der Waals surface area contributed by atoms with E-state index in [1.165, 1.54) is 22.9 Å². The molecular weight excluding hydrogens is 286 g/mol. The van der Waals surface area contributed by atoms with Crippen molar-refractivity contribution in [2.45, 2.75) is 25.8 Å². The second-order valence-electron chi connectivity index (χ2n) is 4.25. The third-order valence-corrected chi connectivity index (χ3v) is 4.81. The Morgan fingerprint density at radius 3 is 3.06 bits per heavy atom. The van der Waals surface area contributed by atoms with Gasteiger partial charge in [-0.15, -0.1) is 0 Å². The van der Waals surface area contributed by atoms with Crippen LogP contribution in [0.4, 0.5) is 0 Å². The number of hydrogen-bond acceptors (Lipinski definition) is 3. The molecular formula is C12H18BrNOS. The molecule has 2 atom stereocenters. The van der Waals surface area contributed by atoms with Crippen molar-refractivity contribution in [1.29, 1.82) is 0 Å². The summed E-state index contributed by atoms with van der Waals surface area (Å²) in [5.74, 6) is 0.718. The van der Waals surface area contributed by atoms with E-state index in [1.807, 2.05) is 0 Å². The van der Waals surface area contributed by atoms with Gasteiger partial charge in [0.05, 0.1) is 0 Å². The van der Waals surface area contributed by atoms with E-state index in [9.17, 15) is 0 Å². The standard InChI is InChI=1S/C12H18BrNOS/c1-2-14-12(5-9-3-4-15-6-9)10-7-16-8-11(10)13/h7-9,12,14H,2-6H2,1H3. The lowest BCUT2D eigenvalue weighted by atomic mass is 9.95. The van der Waals surface area contributed by atoms with Crippen LogP contribution in [0.2, 0.25) is 0 Å². The Morgan fingerprint density at radius 2 is 2.50 bits per heavy atom. The summed E-state index contributed by atoms with van der Waals surface area (Å²) in [5, 5.41) is 7.97. The summed E-state index contributed by atoms with van der Waals surface area (Å²) in [4.78, 5) is 0. The monoisotopic (exact) mass is 303 g/mol. The maximum Gasteiger partial charge on any atom is 0.0495 e. The fourth-order valence-electron chi connectivity index (χ4n) is 2.21. The third-order valence-electron chi connectivity index (χ3n) is 3.06. The van der Waals surface area contributed by atoms with Gasteiger partial charge in [0.2, 0.25) is 0 Å². The molecule has 2 heterocycles. The molecule has 1 aliphatic heterocycles. The van der Waals surface area contributed by atoms with E-state index >= 15 is 0 Å². The average molecular weight is 304 g/mol. The normalized spacial score (nSPS) is 22.5. The van der Waals surface area contributed by atoms with Crippen LogP contribution in [0.25, 0.3) is 0 Å². The van der Waals surface area contributed by atoms with Gasteiger partial charge in [-0.2, -0.15) is 11.3 Å². The van der Waals surface area contributed by atoms with Gasteiger partial charge in [0.15, 0.2) is 0 Å². The molecule has 0 spiro atoms. The van der Waals surface area contributed by atoms with Crippen LogP contribution in [-0.4, -0.2) is 19.8 Å². The van der Waals surface area contributed by atoms with Crippen LogP contribution in [0.15, 0.2) is 15.2 Å². The highest BCUT2D eigenvalue weighted by atomic mass is 79.9. The number of hydrogen-bond donors (Lipinski definition) is 1. The zero-order chi connectivity index (χ0) is 11.4. The van der Waals surface area contributed by atoms with Gasteiger partial charge >= 0.3 is 0 Å². The van der Waals surface area contributed by atoms with E-state index in [0.717, 1.165) is 25.7 Å². The molecule has 0 radical (unpaired) electrons. The lowest BCUT2D eigenvalue weighted by Gasteiger charge is -2.20. The smallest absolute Gasteiger partial charge is 0.0495 e. The van der Waals surface area contributed by atoms with E-state index in [4.69, 9.17) is 4.74 Å². The highest BCUT2D eigenvalue weighted by molar-refractivity contribution is 9.10. The van der Waals surface area contributed by atoms with Gasteiger partial charge in [-0.1, -0.05) is 6.92 Å². The minimum atomic E-state index is 0.470. The van der Waals surface area contributed by atoms with Crippen molar-refractivity contribution in [1.82, 2.24) is 5.32 Å². The first-order valence-electron chi connectivity index (χ1n) is 5.84. The van der Waals surface area contributed by atoms with Crippen LogP contribution < -0.4 is 5.32 Å². The second kappa shape index (κ2) is 6.15. The van der Waals surface area contributed by atoms with Crippen molar-refractivity contribution in [2.24, 2.45) is 5.92 Å². The lowest BCUT2D eigenvalue weighted by Crippen LogP contribution is -2.23. The predicted octanol–water partition coefficient (Wildman–Crippen LogP) is 3.59. The summed E-state index contributed by atoms with van der Waals surface area (Å²) in [6, 6.07) is 0.470. The third kappa shape index (κ3) is 3.06. The van der Waals surface area contributed by atoms with Crippen molar-refractivity contribution >= 4 is 27.3 Å². The van der Waals surface area contributed by atoms with E-state index < -0.39 is 0 Å². The van der Waals surface area contributed by atoms with Crippen LogP contribution in [0.3, 0.4) is 0 Å². The molecule has 90 valence electrons. The molecule has 2 unspecified atom stereocenters. The Hall–Kier alpha value is 0.100. The molecule has 1 aromatic rings. The molecule has 1 fully saturated rings. The number of halogens is 1. The van der Waals surface area contributed by atoms with Crippen LogP contribution in [-0.2, 0) is 4.74 Å². The van der Waals surface area contributed by atoms with E-state index in [2.05, 4.69) is 38.9 Å². The summed E-state index contributed by atoms with van der Waals surface area (Å²) in [7, 11) is 0. The average Bonchev–Trinajstić information content (AvgIpc) is 2.88. The van der Waals surface area contributed by atoms with Crippen LogP contribution in [0.5, 0.6) is 0 Å². The van der Waals surface area contributed by atoms with Gasteiger partial charge in [0, 0.05) is 29.1 Å². The minimum absolute atomic E-state index is 0.470. The maximum atomic E-state index is 5.45. The number of nitrogens with one attached hydrogen (secondary N) is 1. The largest absolute Gasteiger partial charge is 0.381 e. The quantitative estimate of drug-likeness (QED) is 0.897. The number of thiophene rings is 1. The molecule has 16 heavy (non-hydrogen) atoms. The Kier molecular flexibility index (Phi) is 4.82. The molecule has 1 aliphatic rings. The molecule has 0 saturated carbocycles. The highest BCUT2D eigenvalue weighted by Gasteiger charge is 2.22. The van der Waals surface area contributed by atoms with Crippen LogP contribution in [0, 0.1) is 5.92 Å². The van der Waals surface area contributed by atoms with Crippen molar-refractivity contribution in [3.05, 3.63) is 20.8 Å². The predicted molar refractivity (Wildman–Crippen MR) is 72.0 cm³/mol. The van der Waals surface area contributed by atoms with E-state index in [1.54, 1.807) is 11.3 Å². The van der Waals surface area contributed by atoms with Gasteiger partial charge in [-0.3, -0.25) is 0 Å². The number of rotatable bonds is 5. The molecule has 1 N–H and O–H groups in total. The zero-order valence-corrected chi connectivity index (χ0v) is 11.9. The Bertz CT molecular complexity index is 323. The topological polar surface area (TPSA) is 21.3 Å². The molecule has 1 saturated heterocycles. The van der Waals surface area contributed by atoms with Gasteiger partial charge in [-0.25, -0.2) is 0 Å². The van der Waals surface area contributed by atoms with E-state index in [-0.39, 0.29) is 0 Å². The molecule has 0 amide bonds. The molecule has 0 bridgehead atoms. The first-order valence-corrected chi connectivity index (χ1v) is 7.57. The first-order chi connectivity index (χ1) is 7.81. The second-order valence-corrected chi connectivity index (χ2v) is 5.85. The number of ether oxygens (including phenoxy) is 1. The molecule has 0 aliphatic carbocycles. The summed E-state index contributed by atoms with van der Waals surface area (Å²) in [6.07, 6.45) is 2.40. The Labute approximate surface area is 110 Å². The fourth-order valence-corrected chi connectivity index (χ4v) is 3.84. The highest BCUT2D eigenvalue weighted by Crippen LogP contribution is 2.32. The lowest BCUT2D eigenvalue weighted by molar-refractivity contribution is 0.181. The van der Waals surface area contributed by atoms with Crippen LogP contribution in [0.1, 0.15) is 31.4 Å². The summed E-state index contributed by atoms with van der Waals surface area (Å²) >= 11 is 5.39. The Balaban J connectivity index is 2.01. The SMILES string of the molecule is CCNC(CC1CCOC1)c1cscc1Br. The van der Waals surface area contributed by atoms with Crippen molar-refractivity contribution in [3.63, 3.8) is 0 Å². The molecule has 0 aromatic carbocycles. The van der Waals surface area contributed by atoms with Gasteiger partial charge in [0.25, 0.3) is 0 Å². The van der Waals surface area contributed by atoms with Crippen molar-refractivity contribution < 1.29 is 4.74 Å². The summed E-state index contributed by atoms with van der Waals surface area (Å²) < 4.78 is 6.69. The molecule has 4 heteroatoms. The summed E-state index contributed by atoms with van der Waals surface area (Å²) in [5.41, 5.74) is 1.40. The Morgan fingerprint density at radius 1 is 1.62 bits per heavy atom. The van der Waals surface area contributed by atoms with E-state index in [0.29, 0.717) is 6.04 Å². The first kappa shape index (κ1) is 12.6. The van der Waals surface area contributed by atoms with Gasteiger partial charge in [0.1, 0.15) is 0 Å². The molecule has 2 rings (SSSR count). The maximum absolute atomic E-state index is 5.45. The fraction of sp³-hybridized carbons (Fsp3) is 0.667. The summed E-state index contributed by atoms with van der Waals surface area (Å²) in [6.45, 7) is 5.05. The minimum Gasteiger partial charge on any atom is -0.381 e. The van der Waals surface area contributed by atoms with Gasteiger partial charge in [-0.05, 0) is 52.2 Å². The molecule has 1 aromatic heterocycles. The zero-order valence-electron chi connectivity index (χ0n) is 9.54. The van der Waals surface area contributed by atoms with Crippen molar-refractivity contribution in [2.75, 3.05) is 19.8 Å². The van der Waals surface area contributed by atoms with Crippen molar-refractivity contribution in [3.8, 4) is 0 Å². The van der Waals surface area contributed by atoms with Crippen LogP contribution >= 0.6 is 27.3 Å². The molecule has 2 nitrogen and oxygen atoms in total.